The van der Waals surface area contributed by atoms with Crippen LogP contribution in [0.1, 0.15) is 40.3 Å². The van der Waals surface area contributed by atoms with Gasteiger partial charge in [-0.25, -0.2) is 9.78 Å². The Bertz CT molecular complexity index is 829. The number of carbonyl (C=O) groups is 1. The van der Waals surface area contributed by atoms with Crippen molar-refractivity contribution in [2.45, 2.75) is 52.3 Å². The fraction of sp³-hybridized carbons (Fsp3) is 0.476. The number of aromatic nitrogens is 1. The summed E-state index contributed by atoms with van der Waals surface area (Å²) in [6, 6.07) is 9.73. The molecular weight excluding hydrogens is 497 g/mol. The van der Waals surface area contributed by atoms with E-state index in [1.807, 2.05) is 65.0 Å². The summed E-state index contributed by atoms with van der Waals surface area (Å²) in [6.45, 7) is 10.2. The smallest absolute Gasteiger partial charge is 0.408 e. The van der Waals surface area contributed by atoms with E-state index >= 15 is 0 Å². The number of carbonyl (C=O) groups excluding carboxylic acids is 1. The van der Waals surface area contributed by atoms with Gasteiger partial charge in [0.25, 0.3) is 0 Å². The van der Waals surface area contributed by atoms with Crippen molar-refractivity contribution in [2.75, 3.05) is 13.6 Å². The third-order valence-corrected chi connectivity index (χ3v) is 3.77. The first-order chi connectivity index (χ1) is 13.6. The van der Waals surface area contributed by atoms with Crippen molar-refractivity contribution < 1.29 is 13.9 Å². The lowest BCUT2D eigenvalue weighted by Gasteiger charge is -2.29. The normalized spacial score (nSPS) is 12.0. The molecule has 0 atom stereocenters. The molecule has 0 spiro atoms. The minimum absolute atomic E-state index is 0. The number of ether oxygens (including phenoxy) is 1. The van der Waals surface area contributed by atoms with Crippen molar-refractivity contribution in [3.05, 3.63) is 42.3 Å². The van der Waals surface area contributed by atoms with Crippen LogP contribution in [0, 0.1) is 0 Å². The van der Waals surface area contributed by atoms with Gasteiger partial charge in [-0.2, -0.15) is 0 Å². The maximum atomic E-state index is 12.0. The number of nitrogens with one attached hydrogen (secondary N) is 3. The maximum Gasteiger partial charge on any atom is 0.408 e. The summed E-state index contributed by atoms with van der Waals surface area (Å²) >= 11 is 0. The van der Waals surface area contributed by atoms with Crippen LogP contribution in [-0.2, 0) is 11.3 Å². The van der Waals surface area contributed by atoms with Crippen LogP contribution in [0.25, 0.3) is 11.5 Å². The Morgan fingerprint density at radius 3 is 2.40 bits per heavy atom. The topological polar surface area (TPSA) is 101 Å². The van der Waals surface area contributed by atoms with E-state index in [0.717, 1.165) is 11.3 Å². The van der Waals surface area contributed by atoms with Gasteiger partial charge in [0.05, 0.1) is 17.8 Å². The molecule has 30 heavy (non-hydrogen) atoms. The molecule has 0 unspecified atom stereocenters. The molecule has 2 rings (SSSR count). The first-order valence-corrected chi connectivity index (χ1v) is 9.53. The van der Waals surface area contributed by atoms with Gasteiger partial charge in [-0.3, -0.25) is 4.99 Å². The number of aliphatic imine (C=N–C) groups is 1. The third-order valence-electron chi connectivity index (χ3n) is 3.77. The van der Waals surface area contributed by atoms with E-state index in [2.05, 4.69) is 25.9 Å². The Balaban J connectivity index is 0.00000450. The summed E-state index contributed by atoms with van der Waals surface area (Å²) in [5, 5.41) is 9.24. The van der Waals surface area contributed by atoms with Crippen LogP contribution in [0.5, 0.6) is 0 Å². The van der Waals surface area contributed by atoms with Gasteiger partial charge in [0.2, 0.25) is 5.89 Å². The van der Waals surface area contributed by atoms with Gasteiger partial charge in [0.15, 0.2) is 5.96 Å². The number of rotatable bonds is 6. The molecule has 0 radical (unpaired) electrons. The molecule has 2 aromatic rings. The fourth-order valence-electron chi connectivity index (χ4n) is 2.43. The van der Waals surface area contributed by atoms with Crippen LogP contribution >= 0.6 is 24.0 Å². The molecule has 0 saturated carbocycles. The minimum atomic E-state index is -0.540. The van der Waals surface area contributed by atoms with E-state index in [9.17, 15) is 4.79 Å². The number of benzene rings is 1. The Kier molecular flexibility index (Phi) is 9.60. The highest BCUT2D eigenvalue weighted by molar-refractivity contribution is 14.0. The largest absolute Gasteiger partial charge is 0.444 e. The number of nitrogens with zero attached hydrogens (tertiary/aromatic N) is 2. The van der Waals surface area contributed by atoms with Crippen LogP contribution in [0.4, 0.5) is 4.79 Å². The Labute approximate surface area is 195 Å². The number of hydrogen-bond donors (Lipinski definition) is 3. The molecule has 0 aliphatic carbocycles. The molecule has 3 N–H and O–H groups in total. The molecule has 1 amide bonds. The van der Waals surface area contributed by atoms with Crippen molar-refractivity contribution >= 4 is 36.0 Å². The van der Waals surface area contributed by atoms with Crippen LogP contribution in [0.3, 0.4) is 0 Å². The molecule has 0 fully saturated rings. The standard InChI is InChI=1S/C21H31N5O3.HI/c1-20(2,3)29-19(27)26-21(4,5)14-24-18(22-6)23-12-16-13-28-17(25-16)15-10-8-7-9-11-15;/h7-11,13H,12,14H2,1-6H3,(H,26,27)(H2,22,23,24);1H. The van der Waals surface area contributed by atoms with E-state index in [-0.39, 0.29) is 24.0 Å². The average molecular weight is 529 g/mol. The lowest BCUT2D eigenvalue weighted by molar-refractivity contribution is 0.0474. The maximum absolute atomic E-state index is 12.0. The minimum Gasteiger partial charge on any atom is -0.444 e. The first-order valence-electron chi connectivity index (χ1n) is 9.53. The van der Waals surface area contributed by atoms with Crippen LogP contribution in [0.15, 0.2) is 46.0 Å². The Hall–Kier alpha value is -2.30. The van der Waals surface area contributed by atoms with Crippen LogP contribution < -0.4 is 16.0 Å². The lowest BCUT2D eigenvalue weighted by atomic mass is 10.1. The van der Waals surface area contributed by atoms with Crippen LogP contribution in [0.2, 0.25) is 0 Å². The van der Waals surface area contributed by atoms with Gasteiger partial charge >= 0.3 is 6.09 Å². The average Bonchev–Trinajstić information content (AvgIpc) is 3.09. The highest BCUT2D eigenvalue weighted by atomic mass is 127. The van der Waals surface area contributed by atoms with Crippen molar-refractivity contribution in [1.82, 2.24) is 20.9 Å². The number of hydrogen-bond acceptors (Lipinski definition) is 5. The molecule has 166 valence electrons. The number of guanidine groups is 1. The van der Waals surface area contributed by atoms with Gasteiger partial charge < -0.3 is 25.1 Å². The zero-order chi connectivity index (χ0) is 21.5. The van der Waals surface area contributed by atoms with E-state index < -0.39 is 17.2 Å². The predicted molar refractivity (Wildman–Crippen MR) is 129 cm³/mol. The van der Waals surface area contributed by atoms with E-state index in [4.69, 9.17) is 9.15 Å². The molecule has 0 aliphatic heterocycles. The molecule has 0 bridgehead atoms. The van der Waals surface area contributed by atoms with E-state index in [0.29, 0.717) is 24.9 Å². The van der Waals surface area contributed by atoms with Crippen molar-refractivity contribution in [2.24, 2.45) is 4.99 Å². The highest BCUT2D eigenvalue weighted by Gasteiger charge is 2.24. The van der Waals surface area contributed by atoms with Gasteiger partial charge in [-0.05, 0) is 46.8 Å². The summed E-state index contributed by atoms with van der Waals surface area (Å²) in [5.41, 5.74) is 0.615. The third kappa shape index (κ3) is 9.02. The zero-order valence-electron chi connectivity index (χ0n) is 18.4. The lowest BCUT2D eigenvalue weighted by Crippen LogP contribution is -2.54. The van der Waals surface area contributed by atoms with E-state index in [1.54, 1.807) is 13.3 Å². The second-order valence-corrected chi connectivity index (χ2v) is 8.30. The highest BCUT2D eigenvalue weighted by Crippen LogP contribution is 2.17. The Morgan fingerprint density at radius 1 is 1.13 bits per heavy atom. The van der Waals surface area contributed by atoms with Gasteiger partial charge in [-0.1, -0.05) is 18.2 Å². The molecule has 8 nitrogen and oxygen atoms in total. The summed E-state index contributed by atoms with van der Waals surface area (Å²) in [4.78, 5) is 20.7. The molecule has 1 heterocycles. The number of halogens is 1. The van der Waals surface area contributed by atoms with Crippen molar-refractivity contribution in [1.29, 1.82) is 0 Å². The van der Waals surface area contributed by atoms with Gasteiger partial charge in [0, 0.05) is 19.2 Å². The second-order valence-electron chi connectivity index (χ2n) is 8.30. The van der Waals surface area contributed by atoms with Gasteiger partial charge in [0.1, 0.15) is 11.9 Å². The molecule has 0 aliphatic rings. The number of alkyl carbamates (subject to hydrolysis) is 1. The summed E-state index contributed by atoms with van der Waals surface area (Å²) in [5.74, 6) is 1.17. The zero-order valence-corrected chi connectivity index (χ0v) is 20.7. The predicted octanol–water partition coefficient (Wildman–Crippen LogP) is 3.93. The monoisotopic (exact) mass is 529 g/mol. The molecule has 0 saturated heterocycles. The summed E-state index contributed by atoms with van der Waals surface area (Å²) < 4.78 is 10.9. The van der Waals surface area contributed by atoms with Gasteiger partial charge in [-0.15, -0.1) is 24.0 Å². The molecule has 1 aromatic carbocycles. The summed E-state index contributed by atoms with van der Waals surface area (Å²) in [6.07, 6.45) is 1.17. The van der Waals surface area contributed by atoms with Crippen molar-refractivity contribution in [3.8, 4) is 11.5 Å². The molecule has 1 aromatic heterocycles. The molecule has 9 heteroatoms. The Morgan fingerprint density at radius 2 is 1.80 bits per heavy atom. The fourth-order valence-corrected chi connectivity index (χ4v) is 2.43. The SMILES string of the molecule is CN=C(NCc1coc(-c2ccccc2)n1)NCC(C)(C)NC(=O)OC(C)(C)C.I. The first kappa shape index (κ1) is 25.7. The van der Waals surface area contributed by atoms with E-state index in [1.165, 1.54) is 0 Å². The molecular formula is C21H32IN5O3. The van der Waals surface area contributed by atoms with Crippen LogP contribution in [-0.4, -0.2) is 41.8 Å². The summed E-state index contributed by atoms with van der Waals surface area (Å²) in [7, 11) is 1.68. The quantitative estimate of drug-likeness (QED) is 0.298. The van der Waals surface area contributed by atoms with Crippen molar-refractivity contribution in [3.63, 3.8) is 0 Å². The number of amides is 1. The number of oxazole rings is 1. The second kappa shape index (κ2) is 11.2.